The van der Waals surface area contributed by atoms with Gasteiger partial charge in [0.25, 0.3) is 5.56 Å². The zero-order chi connectivity index (χ0) is 20.3. The van der Waals surface area contributed by atoms with Crippen molar-refractivity contribution < 1.29 is 22.7 Å². The normalized spacial score (nSPS) is 11.4. The number of hydrogen-bond donors (Lipinski definition) is 1. The summed E-state index contributed by atoms with van der Waals surface area (Å²) in [5, 5.41) is 2.79. The molecule has 3 rings (SSSR count). The molecule has 3 aromatic rings. The van der Waals surface area contributed by atoms with Crippen LogP contribution in [-0.4, -0.2) is 28.2 Å². The number of hydrogen-bond acceptors (Lipinski definition) is 4. The Kier molecular flexibility index (Phi) is 5.68. The Bertz CT molecular complexity index is 1080. The van der Waals surface area contributed by atoms with E-state index < -0.39 is 24.2 Å². The van der Waals surface area contributed by atoms with Crippen LogP contribution in [0.2, 0.25) is 0 Å². The van der Waals surface area contributed by atoms with E-state index in [1.165, 1.54) is 30.6 Å². The molecule has 0 aliphatic carbocycles. The van der Waals surface area contributed by atoms with Crippen molar-refractivity contribution in [1.29, 1.82) is 0 Å². The minimum Gasteiger partial charge on any atom is -0.482 e. The fourth-order valence-corrected chi connectivity index (χ4v) is 2.80. The zero-order valence-corrected chi connectivity index (χ0v) is 15.8. The number of benzene rings is 2. The standard InChI is InChI=1S/C18H13BrF3N3O3/c19-11-5-6-13-12(7-11)17(27)25(10-23-13)8-16(26)24-14-3-1-2-4-15(14)28-9-18(20,21)22/h1-7,10H,8-9H2,(H,24,26). The SMILES string of the molecule is O=C(Cn1cnc2ccc(Br)cc2c1=O)Nc1ccccc1OCC(F)(F)F. The highest BCUT2D eigenvalue weighted by atomic mass is 79.9. The van der Waals surface area contributed by atoms with Crippen LogP contribution in [0.4, 0.5) is 18.9 Å². The molecule has 0 saturated carbocycles. The molecule has 146 valence electrons. The molecule has 10 heteroatoms. The number of amides is 1. The van der Waals surface area contributed by atoms with Gasteiger partial charge in [0.15, 0.2) is 6.61 Å². The summed E-state index contributed by atoms with van der Waals surface area (Å²) in [5.74, 6) is -0.734. The molecule has 1 amide bonds. The Morgan fingerprint density at radius 3 is 2.71 bits per heavy atom. The molecule has 1 heterocycles. The number of nitrogens with one attached hydrogen (secondary N) is 1. The van der Waals surface area contributed by atoms with Crippen molar-refractivity contribution in [3.63, 3.8) is 0 Å². The van der Waals surface area contributed by atoms with Gasteiger partial charge in [-0.15, -0.1) is 0 Å². The van der Waals surface area contributed by atoms with Crippen molar-refractivity contribution >= 4 is 38.4 Å². The highest BCUT2D eigenvalue weighted by Gasteiger charge is 2.28. The molecule has 6 nitrogen and oxygen atoms in total. The number of rotatable bonds is 5. The molecule has 0 bridgehead atoms. The number of halogens is 4. The number of anilines is 1. The lowest BCUT2D eigenvalue weighted by Gasteiger charge is -2.14. The van der Waals surface area contributed by atoms with Gasteiger partial charge in [-0.2, -0.15) is 13.2 Å². The number of carbonyl (C=O) groups is 1. The molecular formula is C18H13BrF3N3O3. The molecule has 0 fully saturated rings. The van der Waals surface area contributed by atoms with Gasteiger partial charge in [0, 0.05) is 4.47 Å². The quantitative estimate of drug-likeness (QED) is 0.635. The maximum absolute atomic E-state index is 12.5. The molecule has 0 unspecified atom stereocenters. The van der Waals surface area contributed by atoms with Gasteiger partial charge in [-0.3, -0.25) is 14.2 Å². The molecule has 0 aliphatic heterocycles. The van der Waals surface area contributed by atoms with Gasteiger partial charge in [-0.05, 0) is 30.3 Å². The number of ether oxygens (including phenoxy) is 1. The Balaban J connectivity index is 1.77. The van der Waals surface area contributed by atoms with Crippen molar-refractivity contribution in [1.82, 2.24) is 9.55 Å². The van der Waals surface area contributed by atoms with E-state index in [4.69, 9.17) is 4.74 Å². The van der Waals surface area contributed by atoms with Gasteiger partial charge in [-0.25, -0.2) is 4.98 Å². The van der Waals surface area contributed by atoms with E-state index in [0.29, 0.717) is 15.4 Å². The molecule has 1 aromatic heterocycles. The van der Waals surface area contributed by atoms with E-state index in [9.17, 15) is 22.8 Å². The first-order valence-corrected chi connectivity index (χ1v) is 8.75. The maximum Gasteiger partial charge on any atom is 0.422 e. The van der Waals surface area contributed by atoms with Crippen molar-refractivity contribution in [2.75, 3.05) is 11.9 Å². The summed E-state index contributed by atoms with van der Waals surface area (Å²) in [6.45, 7) is -1.84. The van der Waals surface area contributed by atoms with Crippen LogP contribution in [0.15, 0.2) is 58.1 Å². The number of carbonyl (C=O) groups excluding carboxylic acids is 1. The maximum atomic E-state index is 12.5. The van der Waals surface area contributed by atoms with E-state index in [0.717, 1.165) is 4.57 Å². The fourth-order valence-electron chi connectivity index (χ4n) is 2.44. The molecule has 0 aliphatic rings. The average Bonchev–Trinajstić information content (AvgIpc) is 2.63. The number of fused-ring (bicyclic) bond motifs is 1. The Morgan fingerprint density at radius 2 is 1.96 bits per heavy atom. The van der Waals surface area contributed by atoms with Crippen LogP contribution < -0.4 is 15.6 Å². The van der Waals surface area contributed by atoms with E-state index in [1.54, 1.807) is 18.2 Å². The minimum atomic E-state index is -4.50. The summed E-state index contributed by atoms with van der Waals surface area (Å²) in [6.07, 6.45) is -3.26. The molecule has 2 aromatic carbocycles. The third kappa shape index (κ3) is 4.89. The summed E-state index contributed by atoms with van der Waals surface area (Å²) < 4.78 is 43.6. The van der Waals surface area contributed by atoms with E-state index in [-0.39, 0.29) is 18.0 Å². The lowest BCUT2D eigenvalue weighted by Crippen LogP contribution is -2.28. The summed E-state index contributed by atoms with van der Waals surface area (Å²) >= 11 is 3.27. The second-order valence-corrected chi connectivity index (χ2v) is 6.70. The van der Waals surface area contributed by atoms with E-state index >= 15 is 0 Å². The molecule has 28 heavy (non-hydrogen) atoms. The summed E-state index contributed by atoms with van der Waals surface area (Å²) in [6, 6.07) is 10.7. The second kappa shape index (κ2) is 8.01. The lowest BCUT2D eigenvalue weighted by atomic mass is 10.2. The highest BCUT2D eigenvalue weighted by Crippen LogP contribution is 2.26. The Morgan fingerprint density at radius 1 is 1.21 bits per heavy atom. The van der Waals surface area contributed by atoms with Gasteiger partial charge in [0.1, 0.15) is 12.3 Å². The Hall–Kier alpha value is -2.88. The fraction of sp³-hybridized carbons (Fsp3) is 0.167. The Labute approximate surface area is 165 Å². The number of aromatic nitrogens is 2. The first-order chi connectivity index (χ1) is 13.2. The summed E-state index contributed by atoms with van der Waals surface area (Å²) in [4.78, 5) is 29.0. The minimum absolute atomic E-state index is 0.0706. The average molecular weight is 456 g/mol. The van der Waals surface area contributed by atoms with Crippen LogP contribution in [0.25, 0.3) is 10.9 Å². The molecule has 0 saturated heterocycles. The summed E-state index contributed by atoms with van der Waals surface area (Å²) in [5.41, 5.74) is 0.139. The van der Waals surface area contributed by atoms with Gasteiger partial charge in [0.05, 0.1) is 22.9 Å². The second-order valence-electron chi connectivity index (χ2n) is 5.79. The molecule has 1 N–H and O–H groups in total. The lowest BCUT2D eigenvalue weighted by molar-refractivity contribution is -0.153. The predicted molar refractivity (Wildman–Crippen MR) is 100 cm³/mol. The monoisotopic (exact) mass is 455 g/mol. The van der Waals surface area contributed by atoms with Crippen molar-refractivity contribution in [3.8, 4) is 5.75 Å². The van der Waals surface area contributed by atoms with Gasteiger partial charge in [-0.1, -0.05) is 28.1 Å². The first-order valence-electron chi connectivity index (χ1n) is 7.96. The molecule has 0 spiro atoms. The van der Waals surface area contributed by atoms with Crippen LogP contribution >= 0.6 is 15.9 Å². The largest absolute Gasteiger partial charge is 0.482 e. The van der Waals surface area contributed by atoms with Crippen LogP contribution in [0.5, 0.6) is 5.75 Å². The molecule has 0 radical (unpaired) electrons. The third-order valence-electron chi connectivity index (χ3n) is 3.65. The van der Waals surface area contributed by atoms with Crippen molar-refractivity contribution in [2.45, 2.75) is 12.7 Å². The number of alkyl halides is 3. The van der Waals surface area contributed by atoms with Gasteiger partial charge in [0.2, 0.25) is 5.91 Å². The van der Waals surface area contributed by atoms with Gasteiger partial charge >= 0.3 is 6.18 Å². The van der Waals surface area contributed by atoms with E-state index in [2.05, 4.69) is 26.2 Å². The van der Waals surface area contributed by atoms with Crippen LogP contribution in [0, 0.1) is 0 Å². The predicted octanol–water partition coefficient (Wildman–Crippen LogP) is 3.74. The zero-order valence-electron chi connectivity index (χ0n) is 14.2. The smallest absolute Gasteiger partial charge is 0.422 e. The van der Waals surface area contributed by atoms with Crippen molar-refractivity contribution in [2.24, 2.45) is 0 Å². The van der Waals surface area contributed by atoms with Crippen LogP contribution in [0.1, 0.15) is 0 Å². The first kappa shape index (κ1) is 19.9. The topological polar surface area (TPSA) is 73.2 Å². The van der Waals surface area contributed by atoms with E-state index in [1.807, 2.05) is 0 Å². The van der Waals surface area contributed by atoms with Crippen LogP contribution in [0.3, 0.4) is 0 Å². The molecular weight excluding hydrogens is 443 g/mol. The summed E-state index contributed by atoms with van der Waals surface area (Å²) in [7, 11) is 0. The highest BCUT2D eigenvalue weighted by molar-refractivity contribution is 9.10. The third-order valence-corrected chi connectivity index (χ3v) is 4.15. The molecule has 0 atom stereocenters. The van der Waals surface area contributed by atoms with Gasteiger partial charge < -0.3 is 10.1 Å². The van der Waals surface area contributed by atoms with Crippen LogP contribution in [-0.2, 0) is 11.3 Å². The number of nitrogens with zero attached hydrogens (tertiary/aromatic N) is 2. The number of para-hydroxylation sites is 2. The van der Waals surface area contributed by atoms with Crippen molar-refractivity contribution in [3.05, 3.63) is 63.6 Å².